The average Bonchev–Trinajstić information content (AvgIpc) is 2.63. The van der Waals surface area contributed by atoms with E-state index in [2.05, 4.69) is 68.6 Å². The SMILES string of the molecule is Cc1ccc(CC(=O)NC(c2ccccc2)c2ccccc2C)c(C)c1. The monoisotopic (exact) mass is 343 g/mol. The Labute approximate surface area is 155 Å². The Kier molecular flexibility index (Phi) is 5.52. The highest BCUT2D eigenvalue weighted by molar-refractivity contribution is 5.80. The van der Waals surface area contributed by atoms with E-state index in [-0.39, 0.29) is 11.9 Å². The zero-order valence-corrected chi connectivity index (χ0v) is 15.6. The number of hydrogen-bond donors (Lipinski definition) is 1. The Balaban J connectivity index is 1.86. The minimum atomic E-state index is -0.143. The molecule has 0 fully saturated rings. The standard InChI is InChI=1S/C24H25NO/c1-17-13-14-21(19(3)15-17)16-23(26)25-24(20-10-5-4-6-11-20)22-12-8-7-9-18(22)2/h4-15,24H,16H2,1-3H3,(H,25,26). The summed E-state index contributed by atoms with van der Waals surface area (Å²) < 4.78 is 0. The van der Waals surface area contributed by atoms with Crippen molar-refractivity contribution in [3.63, 3.8) is 0 Å². The Morgan fingerprint density at radius 3 is 2.23 bits per heavy atom. The Hall–Kier alpha value is -2.87. The molecule has 0 radical (unpaired) electrons. The van der Waals surface area contributed by atoms with Gasteiger partial charge in [-0.15, -0.1) is 0 Å². The van der Waals surface area contributed by atoms with Crippen LogP contribution in [0.3, 0.4) is 0 Å². The number of rotatable bonds is 5. The van der Waals surface area contributed by atoms with E-state index in [4.69, 9.17) is 0 Å². The van der Waals surface area contributed by atoms with Crippen LogP contribution in [0.2, 0.25) is 0 Å². The maximum absolute atomic E-state index is 12.8. The third-order valence-corrected chi connectivity index (χ3v) is 4.79. The second kappa shape index (κ2) is 8.01. The van der Waals surface area contributed by atoms with Crippen molar-refractivity contribution >= 4 is 5.91 Å². The normalized spacial score (nSPS) is 11.8. The van der Waals surface area contributed by atoms with Gasteiger partial charge in [0.25, 0.3) is 0 Å². The van der Waals surface area contributed by atoms with Crippen molar-refractivity contribution in [3.8, 4) is 0 Å². The van der Waals surface area contributed by atoms with E-state index < -0.39 is 0 Å². The van der Waals surface area contributed by atoms with Crippen LogP contribution in [0.1, 0.15) is 39.4 Å². The summed E-state index contributed by atoms with van der Waals surface area (Å²) >= 11 is 0. The molecule has 1 amide bonds. The summed E-state index contributed by atoms with van der Waals surface area (Å²) in [6.07, 6.45) is 0.390. The maximum atomic E-state index is 12.8. The van der Waals surface area contributed by atoms with Crippen LogP contribution in [0.4, 0.5) is 0 Å². The van der Waals surface area contributed by atoms with Gasteiger partial charge < -0.3 is 5.32 Å². The number of aryl methyl sites for hydroxylation is 3. The zero-order valence-electron chi connectivity index (χ0n) is 15.6. The van der Waals surface area contributed by atoms with E-state index in [1.54, 1.807) is 0 Å². The summed E-state index contributed by atoms with van der Waals surface area (Å²) in [4.78, 5) is 12.8. The Bertz CT molecular complexity index is 899. The lowest BCUT2D eigenvalue weighted by molar-refractivity contribution is -0.120. The van der Waals surface area contributed by atoms with Gasteiger partial charge in [-0.25, -0.2) is 0 Å². The molecular weight excluding hydrogens is 318 g/mol. The van der Waals surface area contributed by atoms with Gasteiger partial charge in [0.05, 0.1) is 12.5 Å². The first-order valence-electron chi connectivity index (χ1n) is 9.00. The van der Waals surface area contributed by atoms with Gasteiger partial charge >= 0.3 is 0 Å². The van der Waals surface area contributed by atoms with E-state index >= 15 is 0 Å². The van der Waals surface area contributed by atoms with E-state index in [9.17, 15) is 4.79 Å². The molecule has 26 heavy (non-hydrogen) atoms. The summed E-state index contributed by atoms with van der Waals surface area (Å²) in [7, 11) is 0. The first kappa shape index (κ1) is 17.9. The van der Waals surface area contributed by atoms with E-state index in [1.807, 2.05) is 30.3 Å². The molecule has 132 valence electrons. The third-order valence-electron chi connectivity index (χ3n) is 4.79. The summed E-state index contributed by atoms with van der Waals surface area (Å²) in [5, 5.41) is 3.24. The predicted octanol–water partition coefficient (Wildman–Crippen LogP) is 5.06. The molecular formula is C24H25NO. The lowest BCUT2D eigenvalue weighted by Gasteiger charge is -2.22. The van der Waals surface area contributed by atoms with Gasteiger partial charge in [-0.1, -0.05) is 78.4 Å². The smallest absolute Gasteiger partial charge is 0.225 e. The summed E-state index contributed by atoms with van der Waals surface area (Å²) in [6.45, 7) is 6.22. The molecule has 0 spiro atoms. The van der Waals surface area contributed by atoms with Crippen molar-refractivity contribution < 1.29 is 4.79 Å². The van der Waals surface area contributed by atoms with Gasteiger partial charge in [-0.2, -0.15) is 0 Å². The summed E-state index contributed by atoms with van der Waals surface area (Å²) in [5.41, 5.74) is 6.85. The predicted molar refractivity (Wildman–Crippen MR) is 107 cm³/mol. The first-order chi connectivity index (χ1) is 12.5. The van der Waals surface area contributed by atoms with Crippen LogP contribution in [-0.4, -0.2) is 5.91 Å². The summed E-state index contributed by atoms with van der Waals surface area (Å²) in [6, 6.07) is 24.5. The number of nitrogens with one attached hydrogen (secondary N) is 1. The minimum absolute atomic E-state index is 0.0362. The lowest BCUT2D eigenvalue weighted by Crippen LogP contribution is -2.31. The number of benzene rings is 3. The molecule has 0 saturated heterocycles. The molecule has 2 heteroatoms. The largest absolute Gasteiger partial charge is 0.345 e. The molecule has 1 atom stereocenters. The molecule has 0 saturated carbocycles. The van der Waals surface area contributed by atoms with Crippen molar-refractivity contribution in [3.05, 3.63) is 106 Å². The van der Waals surface area contributed by atoms with Gasteiger partial charge in [-0.3, -0.25) is 4.79 Å². The molecule has 1 unspecified atom stereocenters. The van der Waals surface area contributed by atoms with Gasteiger partial charge in [-0.05, 0) is 48.6 Å². The fourth-order valence-corrected chi connectivity index (χ4v) is 3.33. The zero-order chi connectivity index (χ0) is 18.5. The van der Waals surface area contributed by atoms with Crippen LogP contribution in [0, 0.1) is 20.8 Å². The van der Waals surface area contributed by atoms with Crippen LogP contribution in [-0.2, 0) is 11.2 Å². The van der Waals surface area contributed by atoms with Crippen LogP contribution in [0.25, 0.3) is 0 Å². The molecule has 2 nitrogen and oxygen atoms in total. The van der Waals surface area contributed by atoms with Gasteiger partial charge in [0.2, 0.25) is 5.91 Å². The minimum Gasteiger partial charge on any atom is -0.345 e. The molecule has 0 aliphatic heterocycles. The molecule has 0 aliphatic carbocycles. The highest BCUT2D eigenvalue weighted by atomic mass is 16.1. The molecule has 0 aliphatic rings. The van der Waals surface area contributed by atoms with Crippen molar-refractivity contribution in [2.75, 3.05) is 0 Å². The van der Waals surface area contributed by atoms with E-state index in [0.717, 1.165) is 22.3 Å². The van der Waals surface area contributed by atoms with E-state index in [0.29, 0.717) is 6.42 Å². The molecule has 0 aromatic heterocycles. The van der Waals surface area contributed by atoms with Crippen LogP contribution >= 0.6 is 0 Å². The lowest BCUT2D eigenvalue weighted by atomic mass is 9.94. The fraction of sp³-hybridized carbons (Fsp3) is 0.208. The average molecular weight is 343 g/mol. The highest BCUT2D eigenvalue weighted by Crippen LogP contribution is 2.25. The second-order valence-corrected chi connectivity index (χ2v) is 6.87. The van der Waals surface area contributed by atoms with Crippen LogP contribution in [0.15, 0.2) is 72.8 Å². The van der Waals surface area contributed by atoms with Crippen LogP contribution < -0.4 is 5.32 Å². The summed E-state index contributed by atoms with van der Waals surface area (Å²) in [5.74, 6) is 0.0362. The molecule has 3 aromatic carbocycles. The van der Waals surface area contributed by atoms with Crippen molar-refractivity contribution in [1.29, 1.82) is 0 Å². The molecule has 0 heterocycles. The number of carbonyl (C=O) groups excluding carboxylic acids is 1. The van der Waals surface area contributed by atoms with Crippen molar-refractivity contribution in [2.45, 2.75) is 33.2 Å². The highest BCUT2D eigenvalue weighted by Gasteiger charge is 2.18. The number of hydrogen-bond acceptors (Lipinski definition) is 1. The quantitative estimate of drug-likeness (QED) is 0.689. The van der Waals surface area contributed by atoms with E-state index in [1.165, 1.54) is 11.1 Å². The molecule has 0 bridgehead atoms. The topological polar surface area (TPSA) is 29.1 Å². The van der Waals surface area contributed by atoms with Gasteiger partial charge in [0, 0.05) is 0 Å². The molecule has 3 rings (SSSR count). The Morgan fingerprint density at radius 1 is 0.846 bits per heavy atom. The Morgan fingerprint density at radius 2 is 1.54 bits per heavy atom. The second-order valence-electron chi connectivity index (χ2n) is 6.87. The third kappa shape index (κ3) is 4.20. The molecule has 3 aromatic rings. The van der Waals surface area contributed by atoms with Crippen molar-refractivity contribution in [2.24, 2.45) is 0 Å². The fourth-order valence-electron chi connectivity index (χ4n) is 3.33. The van der Waals surface area contributed by atoms with Gasteiger partial charge in [0.1, 0.15) is 0 Å². The number of carbonyl (C=O) groups is 1. The maximum Gasteiger partial charge on any atom is 0.225 e. The first-order valence-corrected chi connectivity index (χ1v) is 9.00. The van der Waals surface area contributed by atoms with Crippen LogP contribution in [0.5, 0.6) is 0 Å². The number of amides is 1. The molecule has 1 N–H and O–H groups in total. The van der Waals surface area contributed by atoms with Gasteiger partial charge in [0.15, 0.2) is 0 Å². The van der Waals surface area contributed by atoms with Crippen molar-refractivity contribution in [1.82, 2.24) is 5.32 Å².